The van der Waals surface area contributed by atoms with Crippen molar-refractivity contribution in [3.63, 3.8) is 0 Å². The molecular formula is C19H25N3O3S. The van der Waals surface area contributed by atoms with Crippen molar-refractivity contribution in [1.82, 2.24) is 4.98 Å². The molecule has 0 unspecified atom stereocenters. The molecule has 0 saturated heterocycles. The molecule has 0 amide bonds. The smallest absolute Gasteiger partial charge is 0.262 e. The van der Waals surface area contributed by atoms with E-state index in [1.165, 1.54) is 12.8 Å². The summed E-state index contributed by atoms with van der Waals surface area (Å²) >= 11 is 0. The van der Waals surface area contributed by atoms with Crippen LogP contribution in [0, 0.1) is 13.8 Å². The van der Waals surface area contributed by atoms with E-state index >= 15 is 0 Å². The number of rotatable bonds is 6. The van der Waals surface area contributed by atoms with Gasteiger partial charge >= 0.3 is 0 Å². The Kier molecular flexibility index (Phi) is 5.36. The second kappa shape index (κ2) is 7.53. The number of hydrogen-bond acceptors (Lipinski definition) is 5. The fourth-order valence-corrected chi connectivity index (χ4v) is 4.66. The van der Waals surface area contributed by atoms with Crippen LogP contribution in [0.1, 0.15) is 36.8 Å². The minimum Gasteiger partial charge on any atom is -0.496 e. The molecule has 0 aliphatic heterocycles. The number of anilines is 2. The zero-order chi connectivity index (χ0) is 18.7. The Morgan fingerprint density at radius 2 is 1.85 bits per heavy atom. The quantitative estimate of drug-likeness (QED) is 0.801. The third-order valence-electron chi connectivity index (χ3n) is 4.70. The number of aryl methyl sites for hydroxylation is 2. The third-order valence-corrected chi connectivity index (χ3v) is 6.23. The van der Waals surface area contributed by atoms with Gasteiger partial charge in [0.15, 0.2) is 0 Å². The minimum absolute atomic E-state index is 0.240. The molecule has 1 heterocycles. The molecule has 140 valence electrons. The molecule has 0 spiro atoms. The maximum absolute atomic E-state index is 12.7. The van der Waals surface area contributed by atoms with Crippen molar-refractivity contribution < 1.29 is 13.2 Å². The standard InChI is InChI=1S/C19H25N3O3S/c1-13-11-18(14(2)10-17(13)25-3)26(23,24)22-16-8-9-19(20-12-16)21-15-6-4-5-7-15/h8-12,15,22H,4-7H2,1-3H3,(H,20,21). The predicted octanol–water partition coefficient (Wildman–Crippen LogP) is 3.86. The van der Waals surface area contributed by atoms with Crippen LogP contribution in [0.2, 0.25) is 0 Å². The average Bonchev–Trinajstić information content (AvgIpc) is 3.11. The van der Waals surface area contributed by atoms with Gasteiger partial charge in [0, 0.05) is 6.04 Å². The van der Waals surface area contributed by atoms with E-state index in [4.69, 9.17) is 4.74 Å². The molecule has 0 bridgehead atoms. The van der Waals surface area contributed by atoms with E-state index in [9.17, 15) is 8.42 Å². The SMILES string of the molecule is COc1cc(C)c(S(=O)(=O)Nc2ccc(NC3CCCC3)nc2)cc1C. The molecule has 7 heteroatoms. The summed E-state index contributed by atoms with van der Waals surface area (Å²) in [4.78, 5) is 4.57. The second-order valence-corrected chi connectivity index (χ2v) is 8.40. The first-order chi connectivity index (χ1) is 12.4. The van der Waals surface area contributed by atoms with Crippen LogP contribution in [-0.2, 0) is 10.0 Å². The highest BCUT2D eigenvalue weighted by molar-refractivity contribution is 7.92. The minimum atomic E-state index is -3.69. The van der Waals surface area contributed by atoms with Gasteiger partial charge in [0.1, 0.15) is 11.6 Å². The summed E-state index contributed by atoms with van der Waals surface area (Å²) in [6.07, 6.45) is 6.35. The number of pyridine rings is 1. The molecule has 2 N–H and O–H groups in total. The lowest BCUT2D eigenvalue weighted by Crippen LogP contribution is -2.16. The molecule has 1 aromatic carbocycles. The van der Waals surface area contributed by atoms with Gasteiger partial charge < -0.3 is 10.1 Å². The van der Waals surface area contributed by atoms with Crippen molar-refractivity contribution >= 4 is 21.5 Å². The highest BCUT2D eigenvalue weighted by Crippen LogP contribution is 2.27. The topological polar surface area (TPSA) is 80.3 Å². The molecule has 1 aliphatic carbocycles. The highest BCUT2D eigenvalue weighted by Gasteiger charge is 2.19. The zero-order valence-corrected chi connectivity index (χ0v) is 16.2. The monoisotopic (exact) mass is 375 g/mol. The number of aromatic nitrogens is 1. The number of hydrogen-bond donors (Lipinski definition) is 2. The van der Waals surface area contributed by atoms with Crippen LogP contribution in [0.4, 0.5) is 11.5 Å². The normalized spacial score (nSPS) is 15.0. The molecule has 1 aromatic heterocycles. The summed E-state index contributed by atoms with van der Waals surface area (Å²) in [5.74, 6) is 1.45. The Morgan fingerprint density at radius 1 is 1.12 bits per heavy atom. The van der Waals surface area contributed by atoms with Crippen molar-refractivity contribution in [3.05, 3.63) is 41.6 Å². The Bertz CT molecular complexity index is 874. The van der Waals surface area contributed by atoms with Gasteiger partial charge in [-0.1, -0.05) is 12.8 Å². The summed E-state index contributed by atoms with van der Waals surface area (Å²) < 4.78 is 33.3. The van der Waals surface area contributed by atoms with E-state index in [1.54, 1.807) is 38.4 Å². The molecular weight excluding hydrogens is 350 g/mol. The van der Waals surface area contributed by atoms with Crippen LogP contribution in [0.25, 0.3) is 0 Å². The lowest BCUT2D eigenvalue weighted by molar-refractivity contribution is 0.411. The third kappa shape index (κ3) is 4.09. The first-order valence-corrected chi connectivity index (χ1v) is 10.3. The molecule has 1 saturated carbocycles. The second-order valence-electron chi connectivity index (χ2n) is 6.75. The van der Waals surface area contributed by atoms with Gasteiger partial charge in [0.05, 0.1) is 23.9 Å². The summed E-state index contributed by atoms with van der Waals surface area (Å²) in [6.45, 7) is 3.58. The van der Waals surface area contributed by atoms with Crippen molar-refractivity contribution in [2.24, 2.45) is 0 Å². The van der Waals surface area contributed by atoms with Gasteiger partial charge in [-0.15, -0.1) is 0 Å². The number of sulfonamides is 1. The number of methoxy groups -OCH3 is 1. The maximum Gasteiger partial charge on any atom is 0.262 e. The summed E-state index contributed by atoms with van der Waals surface area (Å²) in [7, 11) is -2.12. The number of nitrogens with one attached hydrogen (secondary N) is 2. The van der Waals surface area contributed by atoms with E-state index in [1.807, 2.05) is 13.0 Å². The van der Waals surface area contributed by atoms with Gasteiger partial charge in [-0.05, 0) is 62.1 Å². The van der Waals surface area contributed by atoms with Crippen molar-refractivity contribution in [1.29, 1.82) is 0 Å². The molecule has 2 aromatic rings. The number of benzene rings is 1. The van der Waals surface area contributed by atoms with E-state index in [0.29, 0.717) is 23.0 Å². The average molecular weight is 375 g/mol. The van der Waals surface area contributed by atoms with Crippen LogP contribution in [0.15, 0.2) is 35.4 Å². The van der Waals surface area contributed by atoms with Crippen LogP contribution in [-0.4, -0.2) is 26.6 Å². The van der Waals surface area contributed by atoms with Gasteiger partial charge in [0.2, 0.25) is 0 Å². The Balaban J connectivity index is 1.76. The molecule has 3 rings (SSSR count). The molecule has 6 nitrogen and oxygen atoms in total. The van der Waals surface area contributed by atoms with E-state index in [-0.39, 0.29) is 4.90 Å². The van der Waals surface area contributed by atoms with Crippen LogP contribution >= 0.6 is 0 Å². The van der Waals surface area contributed by atoms with Gasteiger partial charge in [-0.25, -0.2) is 13.4 Å². The van der Waals surface area contributed by atoms with Gasteiger partial charge in [-0.3, -0.25) is 4.72 Å². The van der Waals surface area contributed by atoms with E-state index in [2.05, 4.69) is 15.0 Å². The van der Waals surface area contributed by atoms with Gasteiger partial charge in [0.25, 0.3) is 10.0 Å². The van der Waals surface area contributed by atoms with Crippen LogP contribution in [0.5, 0.6) is 5.75 Å². The Hall–Kier alpha value is -2.28. The van der Waals surface area contributed by atoms with Crippen molar-refractivity contribution in [3.8, 4) is 5.75 Å². The molecule has 0 atom stereocenters. The lowest BCUT2D eigenvalue weighted by Gasteiger charge is -2.15. The lowest BCUT2D eigenvalue weighted by atomic mass is 10.1. The summed E-state index contributed by atoms with van der Waals surface area (Å²) in [5, 5.41) is 3.39. The van der Waals surface area contributed by atoms with Crippen molar-refractivity contribution in [2.45, 2.75) is 50.5 Å². The Labute approximate surface area is 155 Å². The van der Waals surface area contributed by atoms with E-state index < -0.39 is 10.0 Å². The molecule has 1 aliphatic rings. The maximum atomic E-state index is 12.7. The molecule has 1 fully saturated rings. The molecule has 0 radical (unpaired) electrons. The summed E-state index contributed by atoms with van der Waals surface area (Å²) in [6, 6.07) is 7.36. The largest absolute Gasteiger partial charge is 0.496 e. The Morgan fingerprint density at radius 3 is 2.46 bits per heavy atom. The van der Waals surface area contributed by atoms with Crippen LogP contribution in [0.3, 0.4) is 0 Å². The van der Waals surface area contributed by atoms with Gasteiger partial charge in [-0.2, -0.15) is 0 Å². The van der Waals surface area contributed by atoms with Crippen molar-refractivity contribution in [2.75, 3.05) is 17.1 Å². The first-order valence-electron chi connectivity index (χ1n) is 8.79. The van der Waals surface area contributed by atoms with Crippen LogP contribution < -0.4 is 14.8 Å². The fourth-order valence-electron chi connectivity index (χ4n) is 3.30. The molecule has 26 heavy (non-hydrogen) atoms. The number of ether oxygens (including phenoxy) is 1. The van der Waals surface area contributed by atoms with E-state index in [0.717, 1.165) is 24.2 Å². The highest BCUT2D eigenvalue weighted by atomic mass is 32.2. The first kappa shape index (κ1) is 18.5. The summed E-state index contributed by atoms with van der Waals surface area (Å²) in [5.41, 5.74) is 1.84. The fraction of sp³-hybridized carbons (Fsp3) is 0.421. The number of nitrogens with zero attached hydrogens (tertiary/aromatic N) is 1. The predicted molar refractivity (Wildman–Crippen MR) is 103 cm³/mol. The zero-order valence-electron chi connectivity index (χ0n) is 15.4.